The first-order valence-electron chi connectivity index (χ1n) is 10.7. The van der Waals surface area contributed by atoms with Crippen molar-refractivity contribution in [3.8, 4) is 0 Å². The number of ether oxygens (including phenoxy) is 3. The molecule has 0 aromatic rings. The number of ketones is 1. The number of halogens is 1. The molecule has 8 nitrogen and oxygen atoms in total. The van der Waals surface area contributed by atoms with E-state index in [1.54, 1.807) is 6.92 Å². The molecule has 9 heteroatoms. The molecule has 0 aromatic heterocycles. The van der Waals surface area contributed by atoms with Crippen molar-refractivity contribution >= 4 is 11.7 Å². The van der Waals surface area contributed by atoms with E-state index >= 15 is 0 Å². The number of likely N-dealkylation sites (N-methyl/N-ethyl adjacent to an activating group) is 2. The first-order valence-corrected chi connectivity index (χ1v) is 13.2. The molecule has 0 aromatic carbocycles. The van der Waals surface area contributed by atoms with E-state index in [2.05, 4.69) is 24.5 Å². The number of alkyl halides is 2. The van der Waals surface area contributed by atoms with E-state index < -0.39 is 21.2 Å². The van der Waals surface area contributed by atoms with Crippen LogP contribution in [0.25, 0.3) is 0 Å². The van der Waals surface area contributed by atoms with Gasteiger partial charge < -0.3 is 10.1 Å². The van der Waals surface area contributed by atoms with Gasteiger partial charge in [0, 0.05) is 6.54 Å². The van der Waals surface area contributed by atoms with Crippen molar-refractivity contribution in [2.45, 2.75) is 48.6 Å². The number of hydrogen-bond donors (Lipinski definition) is 2. The first kappa shape index (κ1) is 29.7. The molecule has 0 rings (SSSR count). The predicted octanol–water partition coefficient (Wildman–Crippen LogP) is -2.26. The minimum atomic E-state index is -0.418. The Bertz CT molecular complexity index is 466. The summed E-state index contributed by atoms with van der Waals surface area (Å²) in [6, 6.07) is -0.294. The monoisotopic (exact) mass is 544 g/mol. The Morgan fingerprint density at radius 3 is 1.93 bits per heavy atom. The molecule has 0 bridgehead atoms. The van der Waals surface area contributed by atoms with E-state index in [9.17, 15) is 9.59 Å². The van der Waals surface area contributed by atoms with Crippen LogP contribution in [0.1, 0.15) is 34.6 Å². The summed E-state index contributed by atoms with van der Waals surface area (Å²) in [5, 5.41) is 6.01. The number of Topliss-reactive ketones (excluding diaryl/α,β-unsaturated/α-hetero) is 1. The van der Waals surface area contributed by atoms with Crippen molar-refractivity contribution in [2.75, 3.05) is 66.8 Å². The van der Waals surface area contributed by atoms with Crippen molar-refractivity contribution in [3.63, 3.8) is 0 Å². The van der Waals surface area contributed by atoms with E-state index in [4.69, 9.17) is 14.2 Å². The van der Waals surface area contributed by atoms with Crippen LogP contribution in [0.2, 0.25) is 0 Å². The summed E-state index contributed by atoms with van der Waals surface area (Å²) in [6.07, 6.45) is 0. The van der Waals surface area contributed by atoms with Gasteiger partial charge >= 0.3 is 157 Å². The fourth-order valence-electron chi connectivity index (χ4n) is 2.76. The van der Waals surface area contributed by atoms with Gasteiger partial charge in [0.1, 0.15) is 0 Å². The van der Waals surface area contributed by atoms with E-state index in [0.29, 0.717) is 50.1 Å². The molecule has 2 N–H and O–H groups in total. The van der Waals surface area contributed by atoms with Gasteiger partial charge in [-0.2, -0.15) is 0 Å². The Morgan fingerprint density at radius 1 is 0.933 bits per heavy atom. The van der Waals surface area contributed by atoms with Crippen LogP contribution in [-0.4, -0.2) is 97.4 Å². The molecule has 0 saturated heterocycles. The molecule has 0 heterocycles. The minimum absolute atomic E-state index is 0.0470. The maximum absolute atomic E-state index is 12.9. The Hall–Kier alpha value is -0.330. The maximum atomic E-state index is 12.9. The van der Waals surface area contributed by atoms with Crippen LogP contribution in [-0.2, 0) is 23.8 Å². The molecule has 0 saturated carbocycles. The summed E-state index contributed by atoms with van der Waals surface area (Å²) in [4.78, 5) is 26.8. The molecule has 0 spiro atoms. The van der Waals surface area contributed by atoms with Crippen LogP contribution in [0.15, 0.2) is 0 Å². The van der Waals surface area contributed by atoms with E-state index in [1.165, 1.54) is 0 Å². The van der Waals surface area contributed by atoms with Gasteiger partial charge in [0.15, 0.2) is 0 Å². The van der Waals surface area contributed by atoms with Crippen LogP contribution < -0.4 is 31.8 Å². The zero-order valence-electron chi connectivity index (χ0n) is 19.8. The van der Waals surface area contributed by atoms with Gasteiger partial charge in [-0.3, -0.25) is 0 Å². The summed E-state index contributed by atoms with van der Waals surface area (Å²) < 4.78 is 16.6. The third-order valence-electron chi connectivity index (χ3n) is 4.21. The molecular weight excluding hydrogens is 501 g/mol. The second kappa shape index (κ2) is 18.3. The molecule has 0 radical (unpaired) electrons. The summed E-state index contributed by atoms with van der Waals surface area (Å²) in [7, 11) is 3.81. The van der Waals surface area contributed by atoms with E-state index in [0.717, 1.165) is 6.54 Å². The van der Waals surface area contributed by atoms with Gasteiger partial charge in [0.05, 0.1) is 13.2 Å². The number of carbonyl (C=O) groups excluding carboxylic acids is 2. The van der Waals surface area contributed by atoms with Crippen molar-refractivity contribution in [2.24, 2.45) is 5.92 Å². The van der Waals surface area contributed by atoms with Gasteiger partial charge in [-0.25, -0.2) is 0 Å². The van der Waals surface area contributed by atoms with E-state index in [-0.39, 0.29) is 27.7 Å². The summed E-state index contributed by atoms with van der Waals surface area (Å²) in [5.41, 5.74) is 0. The number of amides is 1. The zero-order chi connectivity index (χ0) is 22.9. The summed E-state index contributed by atoms with van der Waals surface area (Å²) >= 11 is -0.418. The molecule has 30 heavy (non-hydrogen) atoms. The van der Waals surface area contributed by atoms with Gasteiger partial charge in [-0.05, 0) is 7.05 Å². The second-order valence-corrected chi connectivity index (χ2v) is 12.2. The van der Waals surface area contributed by atoms with Crippen LogP contribution in [0.3, 0.4) is 0 Å². The normalized spacial score (nSPS) is 13.9. The first-order chi connectivity index (χ1) is 14.2. The average Bonchev–Trinajstić information content (AvgIpc) is 2.64. The Balaban J connectivity index is 4.20. The second-order valence-electron chi connectivity index (χ2n) is 7.73. The van der Waals surface area contributed by atoms with Gasteiger partial charge in [0.2, 0.25) is 0 Å². The topological polar surface area (TPSA) is 89.1 Å². The molecule has 0 aliphatic heterocycles. The Morgan fingerprint density at radius 2 is 1.47 bits per heavy atom. The standard InChI is InChI=1S/C21H43IN3O5/c1-16(2)19(21(27)24-20(18(5)26)22-17(3)4)25(7)9-11-29-13-15-30-14-12-28-10-8-23-6/h16-17,19-20,23H,8-15H2,1-7H3,(H,24,27)/q-1/t19-,20?/m0/s1. The number of hydrogen-bond acceptors (Lipinski definition) is 7. The number of nitrogens with one attached hydrogen (secondary N) is 2. The summed E-state index contributed by atoms with van der Waals surface area (Å²) in [6.45, 7) is 14.6. The SMILES string of the molecule is CNCCOCCOCCOCCN(C)[C@H](C(=O)NC([I-]C(C)C)C(C)=O)C(C)C. The number of carbonyl (C=O) groups is 2. The van der Waals surface area contributed by atoms with E-state index in [1.807, 2.05) is 32.8 Å². The third kappa shape index (κ3) is 14.6. The number of rotatable bonds is 19. The van der Waals surface area contributed by atoms with Crippen LogP contribution in [0, 0.1) is 5.92 Å². The van der Waals surface area contributed by atoms with Crippen LogP contribution in [0.4, 0.5) is 0 Å². The fourth-order valence-corrected chi connectivity index (χ4v) is 5.19. The van der Waals surface area contributed by atoms with Crippen molar-refractivity contribution < 1.29 is 45.0 Å². The molecule has 180 valence electrons. The Labute approximate surface area is 193 Å². The third-order valence-corrected chi connectivity index (χ3v) is 7.55. The van der Waals surface area contributed by atoms with Crippen LogP contribution >= 0.6 is 0 Å². The molecule has 0 fully saturated rings. The van der Waals surface area contributed by atoms with Crippen molar-refractivity contribution in [3.05, 3.63) is 0 Å². The van der Waals surface area contributed by atoms with Gasteiger partial charge in [-0.15, -0.1) is 0 Å². The zero-order valence-corrected chi connectivity index (χ0v) is 22.0. The summed E-state index contributed by atoms with van der Waals surface area (Å²) in [5.74, 6) is 0.103. The molecule has 0 aliphatic rings. The molecule has 1 amide bonds. The van der Waals surface area contributed by atoms with Gasteiger partial charge in [-0.1, -0.05) is 0 Å². The molecule has 0 aliphatic carbocycles. The predicted molar refractivity (Wildman–Crippen MR) is 115 cm³/mol. The average molecular weight is 544 g/mol. The van der Waals surface area contributed by atoms with Crippen molar-refractivity contribution in [1.29, 1.82) is 0 Å². The van der Waals surface area contributed by atoms with Crippen molar-refractivity contribution in [1.82, 2.24) is 15.5 Å². The molecule has 1 unspecified atom stereocenters. The molecule has 2 atom stereocenters. The van der Waals surface area contributed by atoms with Gasteiger partial charge in [0.25, 0.3) is 0 Å². The quantitative estimate of drug-likeness (QED) is 0.0822. The fraction of sp³-hybridized carbons (Fsp3) is 0.905. The molecular formula is C21H43IN3O5-. The van der Waals surface area contributed by atoms with Crippen LogP contribution in [0.5, 0.6) is 0 Å². The number of nitrogens with zero attached hydrogens (tertiary/aromatic N) is 1. The Kier molecular flexibility index (Phi) is 18.1.